The van der Waals surface area contributed by atoms with Crippen molar-refractivity contribution in [2.24, 2.45) is 5.92 Å². The van der Waals surface area contributed by atoms with Crippen molar-refractivity contribution in [3.63, 3.8) is 0 Å². The molecule has 1 aromatic heterocycles. The summed E-state index contributed by atoms with van der Waals surface area (Å²) in [6.07, 6.45) is 3.60. The lowest BCUT2D eigenvalue weighted by Crippen LogP contribution is -2.38. The first-order chi connectivity index (χ1) is 7.66. The molecule has 1 fully saturated rings. The van der Waals surface area contributed by atoms with Gasteiger partial charge in [-0.1, -0.05) is 6.92 Å². The average molecular weight is 220 g/mol. The summed E-state index contributed by atoms with van der Waals surface area (Å²) < 4.78 is 0. The van der Waals surface area contributed by atoms with E-state index in [1.165, 1.54) is 18.3 Å². The fraction of sp³-hybridized carbons (Fsp3) is 0.500. The van der Waals surface area contributed by atoms with Gasteiger partial charge in [0.1, 0.15) is 5.69 Å². The van der Waals surface area contributed by atoms with E-state index in [1.54, 1.807) is 0 Å². The Kier molecular flexibility index (Phi) is 3.08. The van der Waals surface area contributed by atoms with Crippen molar-refractivity contribution in [2.45, 2.75) is 19.8 Å². The number of hydrogen-bond donors (Lipinski definition) is 1. The van der Waals surface area contributed by atoms with Crippen LogP contribution in [0.5, 0.6) is 0 Å². The number of pyridine rings is 1. The van der Waals surface area contributed by atoms with E-state index in [-0.39, 0.29) is 11.3 Å². The molecular formula is C12H16N2O2. The zero-order chi connectivity index (χ0) is 11.5. The number of H-pyrrole nitrogens is 1. The molecular weight excluding hydrogens is 204 g/mol. The number of rotatable bonds is 1. The second-order valence-corrected chi connectivity index (χ2v) is 4.41. The number of carbonyl (C=O) groups excluding carboxylic acids is 1. The van der Waals surface area contributed by atoms with E-state index in [2.05, 4.69) is 11.9 Å². The molecule has 0 bridgehead atoms. The third-order valence-electron chi connectivity index (χ3n) is 3.07. The van der Waals surface area contributed by atoms with Gasteiger partial charge in [0.2, 0.25) is 0 Å². The Morgan fingerprint density at radius 3 is 2.75 bits per heavy atom. The number of likely N-dealkylation sites (tertiary alicyclic amines) is 1. The predicted molar refractivity (Wildman–Crippen MR) is 61.4 cm³/mol. The molecule has 1 amide bonds. The monoisotopic (exact) mass is 220 g/mol. The van der Waals surface area contributed by atoms with Gasteiger partial charge in [0, 0.05) is 31.4 Å². The standard InChI is InChI=1S/C12H16N2O2/c1-9-3-6-14(7-4-9)12(16)11-8-10(15)2-5-13-11/h2,5,8-9H,3-4,6-7H2,1H3,(H,13,15). The van der Waals surface area contributed by atoms with E-state index in [1.807, 2.05) is 4.90 Å². The van der Waals surface area contributed by atoms with Crippen molar-refractivity contribution in [1.82, 2.24) is 9.88 Å². The van der Waals surface area contributed by atoms with Crippen molar-refractivity contribution >= 4 is 5.91 Å². The van der Waals surface area contributed by atoms with Gasteiger partial charge in [-0.15, -0.1) is 0 Å². The molecule has 16 heavy (non-hydrogen) atoms. The van der Waals surface area contributed by atoms with E-state index in [4.69, 9.17) is 0 Å². The zero-order valence-corrected chi connectivity index (χ0v) is 9.40. The van der Waals surface area contributed by atoms with Gasteiger partial charge < -0.3 is 9.88 Å². The molecule has 4 heteroatoms. The summed E-state index contributed by atoms with van der Waals surface area (Å²) in [7, 11) is 0. The Bertz CT molecular complexity index is 431. The Labute approximate surface area is 94.3 Å². The molecule has 0 aromatic carbocycles. The number of piperidine rings is 1. The number of nitrogens with zero attached hydrogens (tertiary/aromatic N) is 1. The minimum absolute atomic E-state index is 0.0652. The van der Waals surface area contributed by atoms with Crippen LogP contribution in [0.1, 0.15) is 30.3 Å². The van der Waals surface area contributed by atoms with Crippen LogP contribution in [0.15, 0.2) is 23.1 Å². The van der Waals surface area contributed by atoms with Crippen LogP contribution in [0.2, 0.25) is 0 Å². The highest BCUT2D eigenvalue weighted by Crippen LogP contribution is 2.17. The van der Waals surface area contributed by atoms with Crippen LogP contribution in [0.25, 0.3) is 0 Å². The van der Waals surface area contributed by atoms with Gasteiger partial charge in [0.25, 0.3) is 5.91 Å². The molecule has 0 unspecified atom stereocenters. The normalized spacial score (nSPS) is 17.4. The number of aromatic amines is 1. The fourth-order valence-corrected chi connectivity index (χ4v) is 1.95. The van der Waals surface area contributed by atoms with Crippen molar-refractivity contribution in [3.05, 3.63) is 34.2 Å². The van der Waals surface area contributed by atoms with Crippen molar-refractivity contribution in [2.75, 3.05) is 13.1 Å². The van der Waals surface area contributed by atoms with E-state index >= 15 is 0 Å². The second kappa shape index (κ2) is 4.51. The number of carbonyl (C=O) groups is 1. The third kappa shape index (κ3) is 2.32. The molecule has 0 spiro atoms. The highest BCUT2D eigenvalue weighted by molar-refractivity contribution is 5.92. The molecule has 1 aliphatic rings. The largest absolute Gasteiger partial charge is 0.357 e. The average Bonchev–Trinajstić information content (AvgIpc) is 2.29. The van der Waals surface area contributed by atoms with Crippen molar-refractivity contribution < 1.29 is 4.79 Å². The first-order valence-corrected chi connectivity index (χ1v) is 5.65. The van der Waals surface area contributed by atoms with Gasteiger partial charge in [-0.25, -0.2) is 0 Å². The van der Waals surface area contributed by atoms with E-state index in [9.17, 15) is 9.59 Å². The topological polar surface area (TPSA) is 53.2 Å². The van der Waals surface area contributed by atoms with E-state index in [0.717, 1.165) is 25.9 Å². The summed E-state index contributed by atoms with van der Waals surface area (Å²) in [6.45, 7) is 3.78. The first-order valence-electron chi connectivity index (χ1n) is 5.65. The van der Waals surface area contributed by atoms with Crippen LogP contribution in [0.4, 0.5) is 0 Å². The smallest absolute Gasteiger partial charge is 0.270 e. The molecule has 1 N–H and O–H groups in total. The fourth-order valence-electron chi connectivity index (χ4n) is 1.95. The molecule has 1 aliphatic heterocycles. The quantitative estimate of drug-likeness (QED) is 0.774. The Morgan fingerprint density at radius 1 is 1.44 bits per heavy atom. The molecule has 1 aromatic rings. The first kappa shape index (κ1) is 10.9. The van der Waals surface area contributed by atoms with Crippen molar-refractivity contribution in [1.29, 1.82) is 0 Å². The van der Waals surface area contributed by atoms with Crippen LogP contribution in [-0.2, 0) is 0 Å². The highest BCUT2D eigenvalue weighted by Gasteiger charge is 2.21. The Balaban J connectivity index is 2.10. The van der Waals surface area contributed by atoms with Gasteiger partial charge in [0.15, 0.2) is 5.43 Å². The summed E-state index contributed by atoms with van der Waals surface area (Å²) in [4.78, 5) is 27.8. The minimum Gasteiger partial charge on any atom is -0.357 e. The van der Waals surface area contributed by atoms with Crippen LogP contribution in [0.3, 0.4) is 0 Å². The summed E-state index contributed by atoms with van der Waals surface area (Å²) in [5, 5.41) is 0. The Morgan fingerprint density at radius 2 is 2.12 bits per heavy atom. The zero-order valence-electron chi connectivity index (χ0n) is 9.40. The maximum Gasteiger partial charge on any atom is 0.270 e. The van der Waals surface area contributed by atoms with Crippen LogP contribution in [-0.4, -0.2) is 28.9 Å². The lowest BCUT2D eigenvalue weighted by molar-refractivity contribution is 0.0691. The van der Waals surface area contributed by atoms with Gasteiger partial charge in [-0.05, 0) is 18.8 Å². The Hall–Kier alpha value is -1.58. The lowest BCUT2D eigenvalue weighted by atomic mass is 9.99. The summed E-state index contributed by atoms with van der Waals surface area (Å²) in [5.74, 6) is 0.628. The SMILES string of the molecule is CC1CCN(C(=O)c2cc(=O)cc[nH]2)CC1. The van der Waals surface area contributed by atoms with Gasteiger partial charge in [0.05, 0.1) is 0 Å². The maximum atomic E-state index is 12.0. The third-order valence-corrected chi connectivity index (χ3v) is 3.07. The molecule has 2 rings (SSSR count). The maximum absolute atomic E-state index is 12.0. The molecule has 86 valence electrons. The predicted octanol–water partition coefficient (Wildman–Crippen LogP) is 1.25. The molecule has 0 aliphatic carbocycles. The second-order valence-electron chi connectivity index (χ2n) is 4.41. The molecule has 0 saturated carbocycles. The lowest BCUT2D eigenvalue weighted by Gasteiger charge is -2.30. The minimum atomic E-state index is -0.132. The van der Waals surface area contributed by atoms with Crippen LogP contribution in [0, 0.1) is 5.92 Å². The molecule has 4 nitrogen and oxygen atoms in total. The van der Waals surface area contributed by atoms with E-state index in [0.29, 0.717) is 11.6 Å². The summed E-state index contributed by atoms with van der Waals surface area (Å²) >= 11 is 0. The molecule has 0 atom stereocenters. The highest BCUT2D eigenvalue weighted by atomic mass is 16.2. The number of nitrogens with one attached hydrogen (secondary N) is 1. The molecule has 0 radical (unpaired) electrons. The van der Waals surface area contributed by atoms with Crippen LogP contribution < -0.4 is 5.43 Å². The van der Waals surface area contributed by atoms with Crippen molar-refractivity contribution in [3.8, 4) is 0 Å². The summed E-state index contributed by atoms with van der Waals surface area (Å²) in [5.41, 5.74) is 0.259. The van der Waals surface area contributed by atoms with Gasteiger partial charge >= 0.3 is 0 Å². The van der Waals surface area contributed by atoms with Gasteiger partial charge in [-0.2, -0.15) is 0 Å². The summed E-state index contributed by atoms with van der Waals surface area (Å²) in [6, 6.07) is 2.77. The molecule has 1 saturated heterocycles. The number of amides is 1. The van der Waals surface area contributed by atoms with E-state index < -0.39 is 0 Å². The number of hydrogen-bond acceptors (Lipinski definition) is 2. The van der Waals surface area contributed by atoms with Gasteiger partial charge in [-0.3, -0.25) is 9.59 Å². The van der Waals surface area contributed by atoms with Crippen LogP contribution >= 0.6 is 0 Å². The number of aromatic nitrogens is 1. The molecule has 2 heterocycles.